The summed E-state index contributed by atoms with van der Waals surface area (Å²) >= 11 is -0.508. The molecule has 0 rings (SSSR count). The zero-order valence-corrected chi connectivity index (χ0v) is 12.1. The van der Waals surface area contributed by atoms with E-state index in [1.165, 1.54) is 25.7 Å². The molecule has 0 aliphatic heterocycles. The fourth-order valence-corrected chi connectivity index (χ4v) is 5.93. The summed E-state index contributed by atoms with van der Waals surface area (Å²) in [6.07, 6.45) is 5.79. The quantitative estimate of drug-likeness (QED) is 0.470. The van der Waals surface area contributed by atoms with Gasteiger partial charge in [-0.05, 0) is 0 Å². The van der Waals surface area contributed by atoms with Gasteiger partial charge < -0.3 is 17.3 Å². The number of unbranched alkanes of at least 4 members (excludes halogenated alkanes) is 2. The van der Waals surface area contributed by atoms with Crippen LogP contribution >= 0.6 is 0 Å². The molecule has 0 aromatic rings. The molecule has 0 nitrogen and oxygen atoms in total. The van der Waals surface area contributed by atoms with Gasteiger partial charge in [-0.1, -0.05) is 0 Å². The third-order valence-corrected chi connectivity index (χ3v) is 7.32. The first-order valence-corrected chi connectivity index (χ1v) is 10.9. The van der Waals surface area contributed by atoms with Gasteiger partial charge in [-0.15, -0.1) is 0 Å². The summed E-state index contributed by atoms with van der Waals surface area (Å²) in [5, 5.41) is 0. The van der Waals surface area contributed by atoms with Gasteiger partial charge in [-0.2, -0.15) is 0 Å². The largest absolute Gasteiger partial charge is 0.673 e. The Labute approximate surface area is 97.6 Å². The summed E-state index contributed by atoms with van der Waals surface area (Å²) in [4.78, 5) is 2.55. The van der Waals surface area contributed by atoms with Crippen LogP contribution in [0.1, 0.15) is 39.5 Å². The van der Waals surface area contributed by atoms with E-state index in [1.54, 1.807) is 8.94 Å². The molecule has 0 radical (unpaired) electrons. The van der Waals surface area contributed by atoms with Crippen molar-refractivity contribution in [1.29, 1.82) is 0 Å². The van der Waals surface area contributed by atoms with Crippen molar-refractivity contribution in [2.45, 2.75) is 53.4 Å². The van der Waals surface area contributed by atoms with Gasteiger partial charge in [0, 0.05) is 0 Å². The molecular weight excluding hydrogens is 323 g/mol. The van der Waals surface area contributed by atoms with Gasteiger partial charge in [0.05, 0.1) is 0 Å². The first-order chi connectivity index (χ1) is 6.81. The van der Waals surface area contributed by atoms with Crippen molar-refractivity contribution in [2.24, 2.45) is 0 Å². The van der Waals surface area contributed by atoms with Crippen LogP contribution in [0.25, 0.3) is 0 Å². The van der Waals surface area contributed by atoms with Crippen LogP contribution in [-0.2, 0) is 0 Å². The van der Waals surface area contributed by atoms with Crippen molar-refractivity contribution >= 4 is 26.8 Å². The Balaban J connectivity index is 0. The number of hydrogen-bond donors (Lipinski definition) is 0. The average Bonchev–Trinajstić information content (AvgIpc) is 2.08. The zero-order valence-electron chi connectivity index (χ0n) is 9.74. The summed E-state index contributed by atoms with van der Waals surface area (Å²) in [5.41, 5.74) is 0. The van der Waals surface area contributed by atoms with Crippen LogP contribution in [-0.4, -0.2) is 26.8 Å². The Bertz CT molecular complexity index is 116. The van der Waals surface area contributed by atoms with E-state index in [0.29, 0.717) is 0 Å². The zero-order chi connectivity index (χ0) is 12.3. The maximum absolute atomic E-state index is 9.75. The number of halogens is 4. The topological polar surface area (TPSA) is 0 Å². The van der Waals surface area contributed by atoms with Crippen molar-refractivity contribution < 1.29 is 17.3 Å². The second kappa shape index (κ2) is 11.1. The maximum atomic E-state index is 9.75. The molecule has 0 aliphatic rings. The summed E-state index contributed by atoms with van der Waals surface area (Å²) in [6, 6.07) is 0. The predicted octanol–water partition coefficient (Wildman–Crippen LogP) is 5.01. The summed E-state index contributed by atoms with van der Waals surface area (Å²) in [7, 11) is -6.00. The Morgan fingerprint density at radius 2 is 1.13 bits per heavy atom. The Morgan fingerprint density at radius 1 is 0.867 bits per heavy atom. The van der Waals surface area contributed by atoms with Crippen LogP contribution in [0.3, 0.4) is 0 Å². The monoisotopic (exact) mass is 346 g/mol. The fraction of sp³-hybridized carbons (Fsp3) is 1.00. The third kappa shape index (κ3) is 31.3. The van der Waals surface area contributed by atoms with Crippen molar-refractivity contribution in [1.82, 2.24) is 0 Å². The van der Waals surface area contributed by atoms with Crippen LogP contribution in [0.2, 0.25) is 13.9 Å². The van der Waals surface area contributed by atoms with Gasteiger partial charge in [0.25, 0.3) is 0 Å². The molecule has 6 heteroatoms. The summed E-state index contributed by atoms with van der Waals surface area (Å²) in [5.74, 6) is 0. The Kier molecular flexibility index (Phi) is 13.3. The first kappa shape index (κ1) is 18.0. The van der Waals surface area contributed by atoms with E-state index in [2.05, 4.69) is 18.8 Å². The molecule has 0 aromatic carbocycles. The van der Waals surface area contributed by atoms with Gasteiger partial charge in [-0.25, -0.2) is 0 Å². The normalized spacial score (nSPS) is 11.2. The van der Waals surface area contributed by atoms with Crippen molar-refractivity contribution in [2.75, 3.05) is 0 Å². The van der Waals surface area contributed by atoms with Crippen LogP contribution in [0.15, 0.2) is 0 Å². The standard InChI is InChI=1S/C9H21Te.BF4/c1-4-6-8-10(3)9-7-5-2;2-1(3,4)5/h4-9H2,1-3H3;/q+1;-1. The molecule has 0 atom stereocenters. The summed E-state index contributed by atoms with van der Waals surface area (Å²) < 4.78 is 42.2. The number of hydrogen-bond acceptors (Lipinski definition) is 0. The molecule has 94 valence electrons. The average molecular weight is 344 g/mol. The van der Waals surface area contributed by atoms with E-state index >= 15 is 0 Å². The van der Waals surface area contributed by atoms with Crippen molar-refractivity contribution in [3.63, 3.8) is 0 Å². The van der Waals surface area contributed by atoms with Crippen molar-refractivity contribution in [3.8, 4) is 0 Å². The minimum atomic E-state index is -6.00. The first-order valence-electron chi connectivity index (χ1n) is 5.27. The molecule has 0 heterocycles. The van der Waals surface area contributed by atoms with Gasteiger partial charge in [0.15, 0.2) is 0 Å². The SMILES string of the molecule is CCCC[Te+](C)CCCC.F[B-](F)(F)F. The van der Waals surface area contributed by atoms with E-state index in [-0.39, 0.29) is 0 Å². The van der Waals surface area contributed by atoms with E-state index in [9.17, 15) is 17.3 Å². The predicted molar refractivity (Wildman–Crippen MR) is 61.2 cm³/mol. The van der Waals surface area contributed by atoms with Gasteiger partial charge in [0.1, 0.15) is 0 Å². The molecule has 0 aliphatic carbocycles. The number of rotatable bonds is 6. The van der Waals surface area contributed by atoms with E-state index in [1.807, 2.05) is 0 Å². The molecule has 0 amide bonds. The molecule has 0 unspecified atom stereocenters. The van der Waals surface area contributed by atoms with Gasteiger partial charge in [0.2, 0.25) is 0 Å². The smallest absolute Gasteiger partial charge is 0.418 e. The van der Waals surface area contributed by atoms with Gasteiger partial charge >= 0.3 is 80.2 Å². The molecule has 0 saturated carbocycles. The molecule has 0 N–H and O–H groups in total. The minimum Gasteiger partial charge on any atom is -0.418 e. The van der Waals surface area contributed by atoms with Crippen LogP contribution in [0.5, 0.6) is 0 Å². The minimum absolute atomic E-state index is 0.508. The van der Waals surface area contributed by atoms with E-state index < -0.39 is 26.8 Å². The van der Waals surface area contributed by atoms with E-state index in [0.717, 1.165) is 0 Å². The van der Waals surface area contributed by atoms with Crippen molar-refractivity contribution in [3.05, 3.63) is 0 Å². The Hall–Kier alpha value is 0.575. The fourth-order valence-electron chi connectivity index (χ4n) is 0.884. The van der Waals surface area contributed by atoms with Crippen LogP contribution in [0, 0.1) is 0 Å². The molecule has 0 bridgehead atoms. The molecule has 0 aromatic heterocycles. The van der Waals surface area contributed by atoms with E-state index in [4.69, 9.17) is 0 Å². The van der Waals surface area contributed by atoms with Crippen LogP contribution in [0.4, 0.5) is 17.3 Å². The maximum Gasteiger partial charge on any atom is 0.673 e. The summed E-state index contributed by atoms with van der Waals surface area (Å²) in [6.45, 7) is 4.60. The molecule has 0 spiro atoms. The molecule has 0 fully saturated rings. The molecular formula is C9H21BF4Te. The van der Waals surface area contributed by atoms with Crippen LogP contribution < -0.4 is 0 Å². The molecule has 15 heavy (non-hydrogen) atoms. The third-order valence-electron chi connectivity index (χ3n) is 1.69. The van der Waals surface area contributed by atoms with Gasteiger partial charge in [-0.3, -0.25) is 0 Å². The second-order valence-corrected chi connectivity index (χ2v) is 10.2. The second-order valence-electron chi connectivity index (χ2n) is 3.39. The Morgan fingerprint density at radius 3 is 1.33 bits per heavy atom. The molecule has 0 saturated heterocycles.